The highest BCUT2D eigenvalue weighted by molar-refractivity contribution is 5.89. The third-order valence-corrected chi connectivity index (χ3v) is 4.33. The minimum absolute atomic E-state index is 0.131. The molecule has 2 rings (SSSR count). The van der Waals surface area contributed by atoms with Crippen LogP contribution in [0.3, 0.4) is 0 Å². The Kier molecular flexibility index (Phi) is 4.50. The molecular weight excluding hydrogens is 307 g/mol. The Morgan fingerprint density at radius 3 is 2.35 bits per heavy atom. The molecule has 128 valence electrons. The summed E-state index contributed by atoms with van der Waals surface area (Å²) in [6.45, 7) is 3.32. The van der Waals surface area contributed by atoms with Gasteiger partial charge in [0.15, 0.2) is 0 Å². The summed E-state index contributed by atoms with van der Waals surface area (Å²) in [5, 5.41) is 9.87. The molecule has 0 aromatic heterocycles. The highest BCUT2D eigenvalue weighted by Gasteiger charge is 2.48. The van der Waals surface area contributed by atoms with E-state index in [0.717, 1.165) is 18.6 Å². The number of nitrogens with zero attached hydrogens (tertiary/aromatic N) is 1. The molecule has 0 spiro atoms. The van der Waals surface area contributed by atoms with Gasteiger partial charge in [0.2, 0.25) is 5.91 Å². The Hall–Kier alpha value is -1.56. The van der Waals surface area contributed by atoms with Crippen LogP contribution in [0.25, 0.3) is 0 Å². The van der Waals surface area contributed by atoms with Crippen LogP contribution in [0.5, 0.6) is 0 Å². The first-order chi connectivity index (χ1) is 10.5. The number of carbonyl (C=O) groups is 1. The van der Waals surface area contributed by atoms with Gasteiger partial charge in [0.05, 0.1) is 16.6 Å². The fraction of sp³-hybridized carbons (Fsp3) is 0.588. The van der Waals surface area contributed by atoms with E-state index < -0.39 is 22.8 Å². The van der Waals surface area contributed by atoms with Gasteiger partial charge in [-0.15, -0.1) is 0 Å². The van der Waals surface area contributed by atoms with E-state index in [4.69, 9.17) is 0 Å². The van der Waals surface area contributed by atoms with Gasteiger partial charge in [-0.2, -0.15) is 13.2 Å². The number of alkyl halides is 3. The summed E-state index contributed by atoms with van der Waals surface area (Å²) >= 11 is 0. The minimum atomic E-state index is -4.43. The lowest BCUT2D eigenvalue weighted by Crippen LogP contribution is -2.52. The first-order valence-corrected chi connectivity index (χ1v) is 7.61. The molecule has 1 aliphatic rings. The molecule has 3 nitrogen and oxygen atoms in total. The van der Waals surface area contributed by atoms with Crippen molar-refractivity contribution in [3.8, 4) is 0 Å². The summed E-state index contributed by atoms with van der Waals surface area (Å²) in [6.07, 6.45) is -2.56. The fourth-order valence-electron chi connectivity index (χ4n) is 3.17. The lowest BCUT2D eigenvalue weighted by Gasteiger charge is -2.44. The van der Waals surface area contributed by atoms with E-state index >= 15 is 0 Å². The quantitative estimate of drug-likeness (QED) is 0.920. The number of hydrogen-bond acceptors (Lipinski definition) is 2. The molecule has 0 saturated heterocycles. The molecule has 1 aromatic carbocycles. The van der Waals surface area contributed by atoms with E-state index in [9.17, 15) is 23.1 Å². The SMILES string of the molecule is CN(CC(C)(C)O)C(=O)C1(c2cccc(C(F)(F)F)c2)CCC1. The van der Waals surface area contributed by atoms with Crippen molar-refractivity contribution in [2.24, 2.45) is 0 Å². The molecule has 1 aromatic rings. The Morgan fingerprint density at radius 2 is 1.91 bits per heavy atom. The minimum Gasteiger partial charge on any atom is -0.389 e. The van der Waals surface area contributed by atoms with E-state index in [2.05, 4.69) is 0 Å². The number of aliphatic hydroxyl groups is 1. The molecule has 0 heterocycles. The maximum absolute atomic E-state index is 12.9. The summed E-state index contributed by atoms with van der Waals surface area (Å²) < 4.78 is 38.8. The van der Waals surface area contributed by atoms with Crippen LogP contribution in [-0.2, 0) is 16.4 Å². The average Bonchev–Trinajstić information content (AvgIpc) is 2.34. The van der Waals surface area contributed by atoms with E-state index in [0.29, 0.717) is 18.4 Å². The third-order valence-electron chi connectivity index (χ3n) is 4.33. The van der Waals surface area contributed by atoms with Crippen LogP contribution in [-0.4, -0.2) is 35.1 Å². The molecule has 1 N–H and O–H groups in total. The standard InChI is InChI=1S/C17H22F3NO2/c1-15(2,23)11-21(3)14(22)16(8-5-9-16)12-6-4-7-13(10-12)17(18,19)20/h4,6-7,10,23H,5,8-9,11H2,1-3H3. The molecule has 1 aliphatic carbocycles. The molecule has 0 bridgehead atoms. The van der Waals surface area contributed by atoms with E-state index in [1.807, 2.05) is 0 Å². The first-order valence-electron chi connectivity index (χ1n) is 7.61. The van der Waals surface area contributed by atoms with Crippen molar-refractivity contribution in [3.63, 3.8) is 0 Å². The summed E-state index contributed by atoms with van der Waals surface area (Å²) in [7, 11) is 1.58. The van der Waals surface area contributed by atoms with Crippen LogP contribution >= 0.6 is 0 Å². The Balaban J connectivity index is 2.33. The van der Waals surface area contributed by atoms with Crippen molar-refractivity contribution in [2.45, 2.75) is 50.3 Å². The number of likely N-dealkylation sites (N-methyl/N-ethyl adjacent to an activating group) is 1. The second kappa shape index (κ2) is 5.82. The van der Waals surface area contributed by atoms with Crippen molar-refractivity contribution < 1.29 is 23.1 Å². The van der Waals surface area contributed by atoms with Crippen LogP contribution in [0.1, 0.15) is 44.2 Å². The topological polar surface area (TPSA) is 40.5 Å². The molecule has 1 amide bonds. The van der Waals surface area contributed by atoms with E-state index in [1.54, 1.807) is 27.0 Å². The van der Waals surface area contributed by atoms with Crippen molar-refractivity contribution in [2.75, 3.05) is 13.6 Å². The Labute approximate surface area is 134 Å². The molecule has 23 heavy (non-hydrogen) atoms. The van der Waals surface area contributed by atoms with Crippen LogP contribution in [0, 0.1) is 0 Å². The van der Waals surface area contributed by atoms with Gasteiger partial charge in [-0.1, -0.05) is 24.6 Å². The van der Waals surface area contributed by atoms with Crippen LogP contribution < -0.4 is 0 Å². The highest BCUT2D eigenvalue weighted by Crippen LogP contribution is 2.46. The monoisotopic (exact) mass is 329 g/mol. The molecule has 0 atom stereocenters. The molecule has 0 radical (unpaired) electrons. The predicted molar refractivity (Wildman–Crippen MR) is 80.9 cm³/mol. The lowest BCUT2D eigenvalue weighted by molar-refractivity contribution is -0.143. The number of benzene rings is 1. The summed E-state index contributed by atoms with van der Waals surface area (Å²) in [6, 6.07) is 5.03. The molecule has 0 unspecified atom stereocenters. The number of hydrogen-bond donors (Lipinski definition) is 1. The molecule has 1 fully saturated rings. The van der Waals surface area contributed by atoms with Gasteiger partial charge in [-0.25, -0.2) is 0 Å². The maximum atomic E-state index is 12.9. The number of halogens is 3. The Morgan fingerprint density at radius 1 is 1.30 bits per heavy atom. The van der Waals surface area contributed by atoms with Crippen LogP contribution in [0.2, 0.25) is 0 Å². The Bertz CT molecular complexity index is 586. The van der Waals surface area contributed by atoms with Gasteiger partial charge in [-0.05, 0) is 38.3 Å². The number of amides is 1. The molecule has 6 heteroatoms. The smallest absolute Gasteiger partial charge is 0.389 e. The largest absolute Gasteiger partial charge is 0.416 e. The molecule has 0 aliphatic heterocycles. The predicted octanol–water partition coefficient (Wildman–Crippen LogP) is 3.36. The highest BCUT2D eigenvalue weighted by atomic mass is 19.4. The van der Waals surface area contributed by atoms with Crippen molar-refractivity contribution >= 4 is 5.91 Å². The van der Waals surface area contributed by atoms with Gasteiger partial charge < -0.3 is 10.0 Å². The van der Waals surface area contributed by atoms with E-state index in [-0.39, 0.29) is 12.5 Å². The van der Waals surface area contributed by atoms with Crippen molar-refractivity contribution in [3.05, 3.63) is 35.4 Å². The second-order valence-corrected chi connectivity index (χ2v) is 6.99. The summed E-state index contributed by atoms with van der Waals surface area (Å²) in [5.41, 5.74) is -2.28. The zero-order chi connectivity index (χ0) is 17.5. The number of rotatable bonds is 4. The van der Waals surface area contributed by atoms with Gasteiger partial charge in [0, 0.05) is 13.6 Å². The van der Waals surface area contributed by atoms with Gasteiger partial charge in [0.25, 0.3) is 0 Å². The zero-order valence-corrected chi connectivity index (χ0v) is 13.6. The van der Waals surface area contributed by atoms with Gasteiger partial charge in [0.1, 0.15) is 0 Å². The fourth-order valence-corrected chi connectivity index (χ4v) is 3.17. The van der Waals surface area contributed by atoms with Gasteiger partial charge in [-0.3, -0.25) is 4.79 Å². The summed E-state index contributed by atoms with van der Waals surface area (Å²) in [4.78, 5) is 14.2. The second-order valence-electron chi connectivity index (χ2n) is 6.99. The van der Waals surface area contributed by atoms with Gasteiger partial charge >= 0.3 is 6.18 Å². The molecular formula is C17H22F3NO2. The van der Waals surface area contributed by atoms with Crippen molar-refractivity contribution in [1.82, 2.24) is 4.90 Å². The summed E-state index contributed by atoms with van der Waals surface area (Å²) in [5.74, 6) is -0.231. The third kappa shape index (κ3) is 3.68. The molecule has 1 saturated carbocycles. The van der Waals surface area contributed by atoms with Crippen molar-refractivity contribution in [1.29, 1.82) is 0 Å². The van der Waals surface area contributed by atoms with Crippen LogP contribution in [0.15, 0.2) is 24.3 Å². The van der Waals surface area contributed by atoms with E-state index in [1.165, 1.54) is 11.0 Å². The number of carbonyl (C=O) groups excluding carboxylic acids is 1. The van der Waals surface area contributed by atoms with Crippen LogP contribution in [0.4, 0.5) is 13.2 Å². The average molecular weight is 329 g/mol. The first kappa shape index (κ1) is 17.8. The normalized spacial score (nSPS) is 17.5. The zero-order valence-electron chi connectivity index (χ0n) is 13.6. The lowest BCUT2D eigenvalue weighted by atomic mass is 9.63. The maximum Gasteiger partial charge on any atom is 0.416 e.